The largest absolute Gasteiger partial charge is 0.496 e. The van der Waals surface area contributed by atoms with Crippen LogP contribution < -0.4 is 21.1 Å². The third-order valence-corrected chi connectivity index (χ3v) is 6.17. The van der Waals surface area contributed by atoms with Gasteiger partial charge in [0, 0.05) is 13.2 Å². The Kier molecular flexibility index (Phi) is 7.23. The van der Waals surface area contributed by atoms with Crippen molar-refractivity contribution in [2.45, 2.75) is 51.7 Å². The van der Waals surface area contributed by atoms with Gasteiger partial charge in [-0.05, 0) is 73.4 Å². The van der Waals surface area contributed by atoms with Crippen molar-refractivity contribution in [3.8, 4) is 5.75 Å². The molecule has 0 spiro atoms. The van der Waals surface area contributed by atoms with Crippen LogP contribution in [0.5, 0.6) is 5.75 Å². The minimum absolute atomic E-state index is 0.201. The number of benzene rings is 2. The number of methoxy groups -OCH3 is 1. The second kappa shape index (κ2) is 9.88. The van der Waals surface area contributed by atoms with Crippen molar-refractivity contribution in [3.63, 3.8) is 0 Å². The van der Waals surface area contributed by atoms with Gasteiger partial charge in [-0.1, -0.05) is 24.3 Å². The molecular formula is C25H33N3O3. The molecule has 6 nitrogen and oxygen atoms in total. The molecule has 0 radical (unpaired) electrons. The second-order valence-corrected chi connectivity index (χ2v) is 8.21. The molecule has 1 aliphatic rings. The smallest absolute Gasteiger partial charge is 0.255 e. The fraction of sp³-hybridized carbons (Fsp3) is 0.400. The molecule has 0 aromatic heterocycles. The third-order valence-electron chi connectivity index (χ3n) is 6.17. The van der Waals surface area contributed by atoms with Crippen molar-refractivity contribution in [3.05, 3.63) is 69.9 Å². The molecule has 0 saturated heterocycles. The topological polar surface area (TPSA) is 96.6 Å². The number of aliphatic hydroxyl groups is 1. The number of nitrogens with two attached hydrogens (primary N) is 1. The van der Waals surface area contributed by atoms with E-state index in [0.717, 1.165) is 47.1 Å². The number of amides is 1. The van der Waals surface area contributed by atoms with Crippen molar-refractivity contribution >= 4 is 11.6 Å². The summed E-state index contributed by atoms with van der Waals surface area (Å²) in [6.07, 6.45) is 4.42. The van der Waals surface area contributed by atoms with E-state index in [0.29, 0.717) is 23.4 Å². The fourth-order valence-corrected chi connectivity index (χ4v) is 4.21. The Morgan fingerprint density at radius 1 is 1.23 bits per heavy atom. The normalized spacial score (nSPS) is 18.7. The summed E-state index contributed by atoms with van der Waals surface area (Å²) in [5.41, 5.74) is 12.4. The van der Waals surface area contributed by atoms with Crippen LogP contribution in [0.25, 0.3) is 5.70 Å². The highest BCUT2D eigenvalue weighted by Gasteiger charge is 2.28. The maximum absolute atomic E-state index is 13.0. The lowest BCUT2D eigenvalue weighted by molar-refractivity contribution is 0.0870. The maximum atomic E-state index is 13.0. The number of rotatable bonds is 7. The number of hydrogen-bond acceptors (Lipinski definition) is 5. The highest BCUT2D eigenvalue weighted by atomic mass is 16.5. The Labute approximate surface area is 184 Å². The Morgan fingerprint density at radius 2 is 1.94 bits per heavy atom. The van der Waals surface area contributed by atoms with E-state index < -0.39 is 6.10 Å². The summed E-state index contributed by atoms with van der Waals surface area (Å²) in [6, 6.07) is 9.82. The van der Waals surface area contributed by atoms with Gasteiger partial charge in [0.15, 0.2) is 0 Å². The minimum Gasteiger partial charge on any atom is -0.496 e. The van der Waals surface area contributed by atoms with E-state index in [1.807, 2.05) is 32.2 Å². The van der Waals surface area contributed by atoms with E-state index in [1.54, 1.807) is 13.3 Å². The molecule has 0 heterocycles. The standard InChI is InChI=1S/C25H33N3O3/c1-15-16(2)24(31-4)20(25(30)28-22-6-5-7-23(22)29)13-19(15)12-17-8-10-18(11-9-17)21(26)14-27-3/h8-11,13-14,22-23,27,29H,5-7,12,26H2,1-4H3,(H,28,30)/b21-14-/t22?,23-/m0/s1. The van der Waals surface area contributed by atoms with Crippen LogP contribution in [-0.4, -0.2) is 37.3 Å². The average molecular weight is 424 g/mol. The quantitative estimate of drug-likeness (QED) is 0.549. The van der Waals surface area contributed by atoms with Gasteiger partial charge >= 0.3 is 0 Å². The number of carbonyl (C=O) groups excluding carboxylic acids is 1. The van der Waals surface area contributed by atoms with Crippen LogP contribution in [0, 0.1) is 13.8 Å². The summed E-state index contributed by atoms with van der Waals surface area (Å²) in [5, 5.41) is 16.0. The summed E-state index contributed by atoms with van der Waals surface area (Å²) < 4.78 is 5.59. The Hall–Kier alpha value is -2.99. The number of carbonyl (C=O) groups is 1. The minimum atomic E-state index is -0.483. The van der Waals surface area contributed by atoms with Crippen LogP contribution in [0.3, 0.4) is 0 Å². The second-order valence-electron chi connectivity index (χ2n) is 8.21. The van der Waals surface area contributed by atoms with Crippen LogP contribution in [0.2, 0.25) is 0 Å². The van der Waals surface area contributed by atoms with Crippen molar-refractivity contribution in [2.75, 3.05) is 14.2 Å². The molecule has 0 aliphatic heterocycles. The van der Waals surface area contributed by atoms with Gasteiger partial charge in [0.2, 0.25) is 0 Å². The predicted octanol–water partition coefficient (Wildman–Crippen LogP) is 3.02. The van der Waals surface area contributed by atoms with Gasteiger partial charge in [0.1, 0.15) is 5.75 Å². The summed E-state index contributed by atoms with van der Waals surface area (Å²) in [4.78, 5) is 13.0. The van der Waals surface area contributed by atoms with Gasteiger partial charge in [-0.25, -0.2) is 0 Å². The van der Waals surface area contributed by atoms with Crippen molar-refractivity contribution in [2.24, 2.45) is 5.73 Å². The first kappa shape index (κ1) is 22.7. The SMILES string of the molecule is CN/C=C(\N)c1ccc(Cc2cc(C(=O)NC3CCC[C@@H]3O)c(OC)c(C)c2C)cc1. The van der Waals surface area contributed by atoms with E-state index >= 15 is 0 Å². The first-order valence-corrected chi connectivity index (χ1v) is 10.7. The van der Waals surface area contributed by atoms with Gasteiger partial charge < -0.3 is 26.2 Å². The molecule has 2 aromatic rings. The number of ether oxygens (including phenoxy) is 1. The van der Waals surface area contributed by atoms with Crippen LogP contribution >= 0.6 is 0 Å². The summed E-state index contributed by atoms with van der Waals surface area (Å²) in [5.74, 6) is 0.388. The molecule has 2 aromatic carbocycles. The molecule has 3 rings (SSSR count). The molecule has 1 aliphatic carbocycles. The van der Waals surface area contributed by atoms with E-state index in [1.165, 1.54) is 0 Å². The molecule has 6 heteroatoms. The van der Waals surface area contributed by atoms with Crippen molar-refractivity contribution < 1.29 is 14.6 Å². The zero-order chi connectivity index (χ0) is 22.5. The molecule has 0 bridgehead atoms. The number of nitrogens with one attached hydrogen (secondary N) is 2. The zero-order valence-corrected chi connectivity index (χ0v) is 18.8. The van der Waals surface area contributed by atoms with Gasteiger partial charge in [0.25, 0.3) is 5.91 Å². The number of aliphatic hydroxyl groups excluding tert-OH is 1. The summed E-state index contributed by atoms with van der Waals surface area (Å²) >= 11 is 0. The molecular weight excluding hydrogens is 390 g/mol. The van der Waals surface area contributed by atoms with E-state index in [9.17, 15) is 9.90 Å². The fourth-order valence-electron chi connectivity index (χ4n) is 4.21. The Balaban J connectivity index is 1.88. The lowest BCUT2D eigenvalue weighted by Gasteiger charge is -2.20. The van der Waals surface area contributed by atoms with Crippen LogP contribution in [0.15, 0.2) is 36.5 Å². The molecule has 2 atom stereocenters. The molecule has 1 unspecified atom stereocenters. The highest BCUT2D eigenvalue weighted by molar-refractivity contribution is 5.98. The van der Waals surface area contributed by atoms with Crippen molar-refractivity contribution in [1.82, 2.24) is 10.6 Å². The molecule has 166 valence electrons. The summed E-state index contributed by atoms with van der Waals surface area (Å²) in [6.45, 7) is 4.03. The van der Waals surface area contributed by atoms with E-state index in [-0.39, 0.29) is 11.9 Å². The van der Waals surface area contributed by atoms with Crippen LogP contribution in [0.1, 0.15) is 57.4 Å². The van der Waals surface area contributed by atoms with Gasteiger partial charge in [-0.15, -0.1) is 0 Å². The first-order valence-electron chi connectivity index (χ1n) is 10.7. The first-order chi connectivity index (χ1) is 14.8. The lowest BCUT2D eigenvalue weighted by atomic mass is 9.92. The number of hydrogen-bond donors (Lipinski definition) is 4. The van der Waals surface area contributed by atoms with Crippen molar-refractivity contribution in [1.29, 1.82) is 0 Å². The lowest BCUT2D eigenvalue weighted by Crippen LogP contribution is -2.40. The average Bonchev–Trinajstić information content (AvgIpc) is 3.16. The monoisotopic (exact) mass is 423 g/mol. The Bertz CT molecular complexity index is 967. The molecule has 31 heavy (non-hydrogen) atoms. The van der Waals surface area contributed by atoms with Gasteiger partial charge in [-0.2, -0.15) is 0 Å². The van der Waals surface area contributed by atoms with Gasteiger partial charge in [0.05, 0.1) is 30.5 Å². The molecule has 1 saturated carbocycles. The summed E-state index contributed by atoms with van der Waals surface area (Å²) in [7, 11) is 3.40. The maximum Gasteiger partial charge on any atom is 0.255 e. The van der Waals surface area contributed by atoms with E-state index in [2.05, 4.69) is 29.7 Å². The van der Waals surface area contributed by atoms with Crippen LogP contribution in [-0.2, 0) is 6.42 Å². The Morgan fingerprint density at radius 3 is 2.52 bits per heavy atom. The van der Waals surface area contributed by atoms with E-state index in [4.69, 9.17) is 10.5 Å². The zero-order valence-electron chi connectivity index (χ0n) is 18.8. The molecule has 1 amide bonds. The molecule has 5 N–H and O–H groups in total. The highest BCUT2D eigenvalue weighted by Crippen LogP contribution is 2.31. The molecule has 1 fully saturated rings. The van der Waals surface area contributed by atoms with Gasteiger partial charge in [-0.3, -0.25) is 4.79 Å². The third kappa shape index (κ3) is 5.02. The van der Waals surface area contributed by atoms with Crippen LogP contribution in [0.4, 0.5) is 0 Å². The predicted molar refractivity (Wildman–Crippen MR) is 124 cm³/mol.